The summed E-state index contributed by atoms with van der Waals surface area (Å²) in [6, 6.07) is 5.64. The number of hydrogen-bond acceptors (Lipinski definition) is 5. The second kappa shape index (κ2) is 5.10. The van der Waals surface area contributed by atoms with Crippen molar-refractivity contribution in [1.29, 1.82) is 5.26 Å². The average Bonchev–Trinajstić information content (AvgIpc) is 2.31. The first kappa shape index (κ1) is 11.1. The maximum absolute atomic E-state index is 8.62. The lowest BCUT2D eigenvalue weighted by Crippen LogP contribution is -2.42. The highest BCUT2D eigenvalue weighted by Crippen LogP contribution is 2.16. The van der Waals surface area contributed by atoms with Gasteiger partial charge >= 0.3 is 0 Å². The molecule has 1 unspecified atom stereocenters. The number of anilines is 1. The van der Waals surface area contributed by atoms with Gasteiger partial charge in [-0.05, 0) is 12.1 Å². The molecule has 0 radical (unpaired) electrons. The third kappa shape index (κ3) is 2.60. The van der Waals surface area contributed by atoms with Gasteiger partial charge < -0.3 is 9.64 Å². The van der Waals surface area contributed by atoms with E-state index < -0.39 is 0 Å². The van der Waals surface area contributed by atoms with E-state index in [1.54, 1.807) is 6.07 Å². The summed E-state index contributed by atoms with van der Waals surface area (Å²) in [5.41, 5.74) is 0. The minimum atomic E-state index is -0.0452. The molecule has 0 aliphatic carbocycles. The normalized spacial score (nSPS) is 20.5. The lowest BCUT2D eigenvalue weighted by Gasteiger charge is -2.32. The number of nitrogens with zero attached hydrogens (tertiary/aromatic N) is 4. The average molecular weight is 239 g/mol. The highest BCUT2D eigenvalue weighted by Gasteiger charge is 2.21. The number of hydrogen-bond donors (Lipinski definition) is 0. The van der Waals surface area contributed by atoms with Crippen molar-refractivity contribution in [1.82, 2.24) is 10.2 Å². The van der Waals surface area contributed by atoms with E-state index in [0.717, 1.165) is 12.4 Å². The molecule has 16 heavy (non-hydrogen) atoms. The second-order valence-corrected chi connectivity index (χ2v) is 3.90. The van der Waals surface area contributed by atoms with Crippen LogP contribution in [0.25, 0.3) is 0 Å². The van der Waals surface area contributed by atoms with Gasteiger partial charge in [0.2, 0.25) is 0 Å². The fourth-order valence-corrected chi connectivity index (χ4v) is 1.73. The van der Waals surface area contributed by atoms with Crippen molar-refractivity contribution in [3.8, 4) is 6.07 Å². The molecule has 0 N–H and O–H groups in total. The van der Waals surface area contributed by atoms with E-state index in [4.69, 9.17) is 21.6 Å². The van der Waals surface area contributed by atoms with E-state index in [2.05, 4.69) is 21.2 Å². The van der Waals surface area contributed by atoms with Gasteiger partial charge in [-0.3, -0.25) is 0 Å². The largest absolute Gasteiger partial charge is 0.373 e. The summed E-state index contributed by atoms with van der Waals surface area (Å²) < 4.78 is 5.46. The predicted octanol–water partition coefficient (Wildman–Crippen LogP) is 1.25. The van der Waals surface area contributed by atoms with Crippen LogP contribution in [-0.2, 0) is 4.74 Å². The van der Waals surface area contributed by atoms with Gasteiger partial charge in [-0.2, -0.15) is 5.26 Å². The zero-order valence-electron chi connectivity index (χ0n) is 8.64. The van der Waals surface area contributed by atoms with Crippen LogP contribution in [0.5, 0.6) is 0 Å². The monoisotopic (exact) mass is 238 g/mol. The molecule has 84 valence electrons. The molecule has 2 rings (SSSR count). The molecule has 0 aromatic carbocycles. The van der Waals surface area contributed by atoms with Gasteiger partial charge in [0, 0.05) is 13.1 Å². The smallest absolute Gasteiger partial charge is 0.151 e. The predicted molar refractivity (Wildman–Crippen MR) is 59.2 cm³/mol. The Morgan fingerprint density at radius 1 is 1.56 bits per heavy atom. The van der Waals surface area contributed by atoms with Gasteiger partial charge in [-0.15, -0.1) is 10.2 Å². The van der Waals surface area contributed by atoms with Gasteiger partial charge in [0.25, 0.3) is 0 Å². The van der Waals surface area contributed by atoms with E-state index >= 15 is 0 Å². The Hall–Kier alpha value is -1.38. The van der Waals surface area contributed by atoms with E-state index in [1.165, 1.54) is 0 Å². The van der Waals surface area contributed by atoms with Crippen LogP contribution in [0, 0.1) is 11.3 Å². The highest BCUT2D eigenvalue weighted by atomic mass is 35.5. The number of aromatic nitrogens is 2. The van der Waals surface area contributed by atoms with Crippen LogP contribution in [-0.4, -0.2) is 36.0 Å². The van der Waals surface area contributed by atoms with Gasteiger partial charge in [-0.1, -0.05) is 11.6 Å². The molecule has 0 amide bonds. The van der Waals surface area contributed by atoms with Crippen molar-refractivity contribution in [3.63, 3.8) is 0 Å². The molecule has 1 aliphatic rings. The molecule has 1 aromatic rings. The van der Waals surface area contributed by atoms with Crippen LogP contribution in [0.4, 0.5) is 5.82 Å². The summed E-state index contributed by atoms with van der Waals surface area (Å²) in [6.07, 6.45) is 0.355. The summed E-state index contributed by atoms with van der Waals surface area (Å²) >= 11 is 5.67. The fraction of sp³-hybridized carbons (Fsp3) is 0.500. The van der Waals surface area contributed by atoms with Crippen molar-refractivity contribution < 1.29 is 4.74 Å². The third-order valence-electron chi connectivity index (χ3n) is 2.40. The highest BCUT2D eigenvalue weighted by molar-refractivity contribution is 6.29. The van der Waals surface area contributed by atoms with Crippen molar-refractivity contribution in [2.24, 2.45) is 0 Å². The zero-order chi connectivity index (χ0) is 11.4. The van der Waals surface area contributed by atoms with Crippen LogP contribution in [0.3, 0.4) is 0 Å². The van der Waals surface area contributed by atoms with Gasteiger partial charge in [0.05, 0.1) is 25.2 Å². The molecule has 1 aliphatic heterocycles. The van der Waals surface area contributed by atoms with E-state index in [9.17, 15) is 0 Å². The Bertz CT molecular complexity index is 389. The fourth-order valence-electron chi connectivity index (χ4n) is 1.63. The number of halogens is 1. The lowest BCUT2D eigenvalue weighted by atomic mass is 10.2. The minimum Gasteiger partial charge on any atom is -0.373 e. The van der Waals surface area contributed by atoms with E-state index in [1.807, 2.05) is 6.07 Å². The van der Waals surface area contributed by atoms with E-state index in [-0.39, 0.29) is 6.10 Å². The third-order valence-corrected chi connectivity index (χ3v) is 2.60. The summed E-state index contributed by atoms with van der Waals surface area (Å²) in [5.74, 6) is 0.774. The Kier molecular flexibility index (Phi) is 3.54. The first-order chi connectivity index (χ1) is 7.79. The maximum atomic E-state index is 8.62. The SMILES string of the molecule is N#CCC1CN(c2ccc(Cl)nn2)CCO1. The quantitative estimate of drug-likeness (QED) is 0.776. The van der Waals surface area contributed by atoms with Gasteiger partial charge in [0.15, 0.2) is 11.0 Å². The van der Waals surface area contributed by atoms with Crippen LogP contribution in [0.2, 0.25) is 5.15 Å². The first-order valence-corrected chi connectivity index (χ1v) is 5.40. The topological polar surface area (TPSA) is 62.0 Å². The van der Waals surface area contributed by atoms with Gasteiger partial charge in [-0.25, -0.2) is 0 Å². The number of rotatable bonds is 2. The maximum Gasteiger partial charge on any atom is 0.151 e. The molecular weight excluding hydrogens is 228 g/mol. The molecule has 2 heterocycles. The minimum absolute atomic E-state index is 0.0452. The summed E-state index contributed by atoms with van der Waals surface area (Å²) in [4.78, 5) is 2.05. The molecule has 0 bridgehead atoms. The Labute approximate surface area is 98.6 Å². The van der Waals surface area contributed by atoms with Crippen LogP contribution >= 0.6 is 11.6 Å². The van der Waals surface area contributed by atoms with Gasteiger partial charge in [0.1, 0.15) is 0 Å². The van der Waals surface area contributed by atoms with Crippen molar-refractivity contribution in [3.05, 3.63) is 17.3 Å². The summed E-state index contributed by atoms with van der Waals surface area (Å²) in [6.45, 7) is 2.04. The number of nitriles is 1. The Morgan fingerprint density at radius 2 is 2.44 bits per heavy atom. The number of morpholine rings is 1. The van der Waals surface area contributed by atoms with Crippen LogP contribution < -0.4 is 4.90 Å². The van der Waals surface area contributed by atoms with Crippen molar-refractivity contribution in [2.75, 3.05) is 24.6 Å². The van der Waals surface area contributed by atoms with Crippen LogP contribution in [0.15, 0.2) is 12.1 Å². The summed E-state index contributed by atoms with van der Waals surface area (Å²) in [5, 5.41) is 16.8. The second-order valence-electron chi connectivity index (χ2n) is 3.52. The molecule has 1 atom stereocenters. The Morgan fingerprint density at radius 3 is 3.12 bits per heavy atom. The van der Waals surface area contributed by atoms with E-state index in [0.29, 0.717) is 24.7 Å². The molecule has 6 heteroatoms. The summed E-state index contributed by atoms with van der Waals surface area (Å²) in [7, 11) is 0. The first-order valence-electron chi connectivity index (χ1n) is 5.02. The molecule has 0 saturated carbocycles. The molecule has 1 aromatic heterocycles. The standard InChI is InChI=1S/C10H11ClN4O/c11-9-1-2-10(14-13-9)15-5-6-16-8(7-15)3-4-12/h1-2,8H,3,5-7H2. The van der Waals surface area contributed by atoms with Crippen LogP contribution in [0.1, 0.15) is 6.42 Å². The van der Waals surface area contributed by atoms with Crippen molar-refractivity contribution >= 4 is 17.4 Å². The molecule has 0 spiro atoms. The molecular formula is C10H11ClN4O. The molecule has 1 saturated heterocycles. The Balaban J connectivity index is 2.04. The molecule has 5 nitrogen and oxygen atoms in total. The molecule has 1 fully saturated rings. The number of ether oxygens (including phenoxy) is 1. The zero-order valence-corrected chi connectivity index (χ0v) is 9.39. The van der Waals surface area contributed by atoms with Crippen molar-refractivity contribution in [2.45, 2.75) is 12.5 Å². The lowest BCUT2D eigenvalue weighted by molar-refractivity contribution is 0.0435.